The van der Waals surface area contributed by atoms with Crippen LogP contribution in [0, 0.1) is 29.6 Å². The molecule has 0 aliphatic heterocycles. The van der Waals surface area contributed by atoms with Crippen LogP contribution in [0.4, 0.5) is 13.2 Å². The Morgan fingerprint density at radius 3 is 2.27 bits per heavy atom. The average molecular weight is 463 g/mol. The molecule has 4 rings (SSSR count). The van der Waals surface area contributed by atoms with Gasteiger partial charge >= 0.3 is 0 Å². The van der Waals surface area contributed by atoms with Crippen molar-refractivity contribution in [2.24, 2.45) is 29.6 Å². The van der Waals surface area contributed by atoms with Gasteiger partial charge in [0.15, 0.2) is 5.83 Å². The van der Waals surface area contributed by atoms with E-state index >= 15 is 0 Å². The Kier molecular flexibility index (Phi) is 8.46. The summed E-state index contributed by atoms with van der Waals surface area (Å²) in [5, 5.41) is 0. The van der Waals surface area contributed by atoms with E-state index in [9.17, 15) is 13.2 Å². The molecule has 0 aromatic rings. The fraction of sp³-hybridized carbons (Fsp3) is 0.724. The summed E-state index contributed by atoms with van der Waals surface area (Å²) in [6.45, 7) is 2.23. The van der Waals surface area contributed by atoms with Crippen LogP contribution < -0.4 is 0 Å². The van der Waals surface area contributed by atoms with Crippen molar-refractivity contribution < 1.29 is 17.9 Å². The zero-order chi connectivity index (χ0) is 23.4. The summed E-state index contributed by atoms with van der Waals surface area (Å²) in [5.74, 6) is 1.32. The normalized spacial score (nSPS) is 35.6. The van der Waals surface area contributed by atoms with Crippen molar-refractivity contribution in [1.29, 1.82) is 0 Å². The average Bonchev–Trinajstić information content (AvgIpc) is 2.85. The number of methoxy groups -OCH3 is 1. The van der Waals surface area contributed by atoms with Gasteiger partial charge in [-0.25, -0.2) is 13.2 Å². The summed E-state index contributed by atoms with van der Waals surface area (Å²) >= 11 is 0. The molecule has 0 aromatic carbocycles. The fourth-order valence-corrected chi connectivity index (χ4v) is 6.73. The molecule has 2 atom stereocenters. The quantitative estimate of drug-likeness (QED) is 0.366. The van der Waals surface area contributed by atoms with Gasteiger partial charge in [0.2, 0.25) is 0 Å². The van der Waals surface area contributed by atoms with Crippen molar-refractivity contribution in [3.63, 3.8) is 0 Å². The first-order valence-corrected chi connectivity index (χ1v) is 13.3. The van der Waals surface area contributed by atoms with Crippen molar-refractivity contribution in [2.45, 2.75) is 96.6 Å². The lowest BCUT2D eigenvalue weighted by molar-refractivity contribution is 0.197. The molecule has 0 N–H and O–H groups in total. The van der Waals surface area contributed by atoms with Gasteiger partial charge in [-0.15, -0.1) is 0 Å². The van der Waals surface area contributed by atoms with Gasteiger partial charge in [-0.05, 0) is 98.7 Å². The third-order valence-electron chi connectivity index (χ3n) is 9.08. The number of halogens is 3. The molecule has 2 fully saturated rings. The maximum atomic E-state index is 15.0. The van der Waals surface area contributed by atoms with Crippen molar-refractivity contribution in [2.75, 3.05) is 7.11 Å². The van der Waals surface area contributed by atoms with E-state index in [1.807, 2.05) is 18.2 Å². The van der Waals surface area contributed by atoms with E-state index in [1.165, 1.54) is 6.42 Å². The summed E-state index contributed by atoms with van der Waals surface area (Å²) in [7, 11) is 1.59. The molecule has 2 saturated carbocycles. The number of rotatable bonds is 7. The molecule has 0 aromatic heterocycles. The van der Waals surface area contributed by atoms with Crippen LogP contribution in [0.3, 0.4) is 0 Å². The van der Waals surface area contributed by atoms with Crippen LogP contribution in [-0.4, -0.2) is 13.3 Å². The molecule has 0 radical (unpaired) electrons. The Hall–Kier alpha value is -1.45. The lowest BCUT2D eigenvalue weighted by Gasteiger charge is -2.34. The molecule has 0 saturated heterocycles. The van der Waals surface area contributed by atoms with Gasteiger partial charge in [-0.3, -0.25) is 0 Å². The minimum Gasteiger partial charge on any atom is -0.501 e. The SMILES string of the molecule is CCC1CCC(C2CC=C(CCC3CCC(C4=CC=C(OC)CC4F)CC3)C(F)=C2F)CC1. The van der Waals surface area contributed by atoms with Crippen LogP contribution in [0.2, 0.25) is 0 Å². The molecule has 0 spiro atoms. The van der Waals surface area contributed by atoms with Gasteiger partial charge in [0.1, 0.15) is 12.0 Å². The van der Waals surface area contributed by atoms with Crippen LogP contribution >= 0.6 is 0 Å². The maximum Gasteiger partial charge on any atom is 0.157 e. The Morgan fingerprint density at radius 1 is 0.939 bits per heavy atom. The van der Waals surface area contributed by atoms with Gasteiger partial charge in [-0.1, -0.05) is 38.3 Å². The van der Waals surface area contributed by atoms with Gasteiger partial charge in [0.05, 0.1) is 12.9 Å². The summed E-state index contributed by atoms with van der Waals surface area (Å²) < 4.78 is 49.6. The number of alkyl halides is 1. The Morgan fingerprint density at radius 2 is 1.64 bits per heavy atom. The second kappa shape index (κ2) is 11.3. The van der Waals surface area contributed by atoms with E-state index in [4.69, 9.17) is 4.74 Å². The maximum absolute atomic E-state index is 15.0. The third kappa shape index (κ3) is 5.80. The van der Waals surface area contributed by atoms with Crippen LogP contribution in [-0.2, 0) is 4.74 Å². The van der Waals surface area contributed by atoms with Gasteiger partial charge in [0, 0.05) is 12.3 Å². The number of ether oxygens (including phenoxy) is 1. The van der Waals surface area contributed by atoms with E-state index < -0.39 is 17.8 Å². The molecule has 4 aliphatic carbocycles. The zero-order valence-corrected chi connectivity index (χ0v) is 20.4. The predicted molar refractivity (Wildman–Crippen MR) is 129 cm³/mol. The van der Waals surface area contributed by atoms with Gasteiger partial charge < -0.3 is 4.74 Å². The molecule has 4 aliphatic rings. The first-order chi connectivity index (χ1) is 16.0. The number of allylic oxidation sites excluding steroid dienone is 8. The van der Waals surface area contributed by atoms with Gasteiger partial charge in [-0.2, -0.15) is 0 Å². The Labute approximate surface area is 198 Å². The van der Waals surface area contributed by atoms with Gasteiger partial charge in [0.25, 0.3) is 0 Å². The van der Waals surface area contributed by atoms with E-state index in [2.05, 4.69) is 6.92 Å². The van der Waals surface area contributed by atoms with Crippen molar-refractivity contribution in [3.8, 4) is 0 Å². The van der Waals surface area contributed by atoms with Crippen LogP contribution in [0.5, 0.6) is 0 Å². The molecule has 184 valence electrons. The van der Waals surface area contributed by atoms with Crippen LogP contribution in [0.25, 0.3) is 0 Å². The first-order valence-electron chi connectivity index (χ1n) is 13.3. The Bertz CT molecular complexity index is 792. The highest BCUT2D eigenvalue weighted by Gasteiger charge is 2.34. The summed E-state index contributed by atoms with van der Waals surface area (Å²) in [6.07, 6.45) is 17.0. The summed E-state index contributed by atoms with van der Waals surface area (Å²) in [4.78, 5) is 0. The summed E-state index contributed by atoms with van der Waals surface area (Å²) in [5.41, 5.74) is 1.50. The zero-order valence-electron chi connectivity index (χ0n) is 20.4. The van der Waals surface area contributed by atoms with E-state index in [0.717, 1.165) is 69.3 Å². The second-order valence-corrected chi connectivity index (χ2v) is 10.9. The van der Waals surface area contributed by atoms with Crippen molar-refractivity contribution in [1.82, 2.24) is 0 Å². The summed E-state index contributed by atoms with van der Waals surface area (Å²) in [6, 6.07) is 0. The molecule has 0 amide bonds. The molecule has 1 nitrogen and oxygen atoms in total. The standard InChI is InChI=1S/C29H41F3O/c1-3-19-4-9-22(10-5-19)26-16-14-23(28(31)29(26)32)13-8-20-6-11-21(12-7-20)25-17-15-24(33-2)18-27(25)30/h14-15,17,19-22,26-27H,3-13,16,18H2,1-2H3. The van der Waals surface area contributed by atoms with E-state index in [0.29, 0.717) is 48.3 Å². The molecule has 33 heavy (non-hydrogen) atoms. The molecule has 0 bridgehead atoms. The van der Waals surface area contributed by atoms with Crippen LogP contribution in [0.1, 0.15) is 90.4 Å². The minimum atomic E-state index is -0.939. The molecule has 4 heteroatoms. The molecule has 0 heterocycles. The van der Waals surface area contributed by atoms with Crippen molar-refractivity contribution >= 4 is 0 Å². The monoisotopic (exact) mass is 462 g/mol. The second-order valence-electron chi connectivity index (χ2n) is 10.9. The largest absolute Gasteiger partial charge is 0.501 e. The van der Waals surface area contributed by atoms with E-state index in [-0.39, 0.29) is 5.92 Å². The lowest BCUT2D eigenvalue weighted by Crippen LogP contribution is -2.24. The smallest absolute Gasteiger partial charge is 0.157 e. The minimum absolute atomic E-state index is 0.243. The number of hydrogen-bond donors (Lipinski definition) is 0. The highest BCUT2D eigenvalue weighted by molar-refractivity contribution is 5.33. The fourth-order valence-electron chi connectivity index (χ4n) is 6.73. The third-order valence-corrected chi connectivity index (χ3v) is 9.08. The number of hydrogen-bond acceptors (Lipinski definition) is 1. The first kappa shape index (κ1) is 24.7. The lowest BCUT2D eigenvalue weighted by atomic mass is 9.72. The molecular weight excluding hydrogens is 421 g/mol. The molecule has 2 unspecified atom stereocenters. The molecular formula is C29H41F3O. The highest BCUT2D eigenvalue weighted by atomic mass is 19.2. The Balaban J connectivity index is 1.25. The van der Waals surface area contributed by atoms with E-state index in [1.54, 1.807) is 7.11 Å². The highest BCUT2D eigenvalue weighted by Crippen LogP contribution is 2.45. The van der Waals surface area contributed by atoms with Crippen molar-refractivity contribution in [3.05, 3.63) is 46.8 Å². The van der Waals surface area contributed by atoms with Crippen LogP contribution in [0.15, 0.2) is 46.8 Å². The topological polar surface area (TPSA) is 9.23 Å². The predicted octanol–water partition coefficient (Wildman–Crippen LogP) is 9.08.